The molecule has 0 spiro atoms. The molecule has 0 atom stereocenters. The van der Waals surface area contributed by atoms with E-state index in [9.17, 15) is 4.39 Å². The second kappa shape index (κ2) is 4.97. The van der Waals surface area contributed by atoms with Crippen LogP contribution in [-0.4, -0.2) is 13.1 Å². The number of furan rings is 1. The van der Waals surface area contributed by atoms with Crippen LogP contribution in [0.3, 0.4) is 0 Å². The first-order valence-corrected chi connectivity index (χ1v) is 6.07. The zero-order valence-electron chi connectivity index (χ0n) is 9.02. The lowest BCUT2D eigenvalue weighted by Crippen LogP contribution is -2.15. The van der Waals surface area contributed by atoms with Crippen molar-refractivity contribution in [3.05, 3.63) is 34.2 Å². The average molecular weight is 286 g/mol. The fraction of sp³-hybridized carbons (Fsp3) is 0.333. The van der Waals surface area contributed by atoms with Gasteiger partial charge in [0.25, 0.3) is 0 Å². The molecule has 1 aromatic carbocycles. The van der Waals surface area contributed by atoms with Crippen LogP contribution < -0.4 is 5.32 Å². The average Bonchev–Trinajstić information content (AvgIpc) is 2.62. The molecule has 1 N–H and O–H groups in total. The Balaban J connectivity index is 2.32. The van der Waals surface area contributed by atoms with Gasteiger partial charge in [0.15, 0.2) is 0 Å². The number of hydrogen-bond acceptors (Lipinski definition) is 2. The number of hydrogen-bond donors (Lipinski definition) is 1. The number of halogens is 2. The molecular weight excluding hydrogens is 273 g/mol. The third-order valence-electron chi connectivity index (χ3n) is 2.49. The molecule has 0 saturated heterocycles. The first-order chi connectivity index (χ1) is 7.72. The van der Waals surface area contributed by atoms with Crippen molar-refractivity contribution in [2.75, 3.05) is 13.1 Å². The monoisotopic (exact) mass is 285 g/mol. The Labute approximate surface area is 102 Å². The van der Waals surface area contributed by atoms with Gasteiger partial charge in [-0.05, 0) is 53.1 Å². The van der Waals surface area contributed by atoms with Crippen LogP contribution >= 0.6 is 15.9 Å². The Morgan fingerprint density at radius 2 is 2.25 bits per heavy atom. The van der Waals surface area contributed by atoms with Gasteiger partial charge >= 0.3 is 0 Å². The molecule has 0 aliphatic carbocycles. The summed E-state index contributed by atoms with van der Waals surface area (Å²) in [5.41, 5.74) is 1.75. The Morgan fingerprint density at radius 1 is 1.44 bits per heavy atom. The van der Waals surface area contributed by atoms with Crippen molar-refractivity contribution < 1.29 is 8.81 Å². The summed E-state index contributed by atoms with van der Waals surface area (Å²) >= 11 is 3.29. The minimum atomic E-state index is -0.245. The molecule has 0 amide bonds. The maximum atomic E-state index is 13.3. The van der Waals surface area contributed by atoms with Crippen LogP contribution in [0.1, 0.15) is 12.5 Å². The summed E-state index contributed by atoms with van der Waals surface area (Å²) in [5.74, 6) is -0.245. The lowest BCUT2D eigenvalue weighted by molar-refractivity contribution is 0.601. The van der Waals surface area contributed by atoms with E-state index in [1.165, 1.54) is 12.1 Å². The highest BCUT2D eigenvalue weighted by molar-refractivity contribution is 9.10. The SMILES string of the molecule is CCNCCc1coc2c(Br)cc(F)cc12. The predicted molar refractivity (Wildman–Crippen MR) is 66.1 cm³/mol. The van der Waals surface area contributed by atoms with E-state index < -0.39 is 0 Å². The Hall–Kier alpha value is -0.870. The minimum Gasteiger partial charge on any atom is -0.463 e. The van der Waals surface area contributed by atoms with E-state index in [-0.39, 0.29) is 5.82 Å². The third kappa shape index (κ3) is 2.28. The molecule has 4 heteroatoms. The fourth-order valence-corrected chi connectivity index (χ4v) is 2.23. The van der Waals surface area contributed by atoms with E-state index in [2.05, 4.69) is 28.2 Å². The van der Waals surface area contributed by atoms with E-state index >= 15 is 0 Å². The summed E-state index contributed by atoms with van der Waals surface area (Å²) < 4.78 is 19.3. The lowest BCUT2D eigenvalue weighted by Gasteiger charge is -2.00. The summed E-state index contributed by atoms with van der Waals surface area (Å²) in [5, 5.41) is 4.08. The van der Waals surface area contributed by atoms with Gasteiger partial charge in [-0.15, -0.1) is 0 Å². The van der Waals surface area contributed by atoms with Gasteiger partial charge in [-0.25, -0.2) is 4.39 Å². The van der Waals surface area contributed by atoms with E-state index in [4.69, 9.17) is 4.42 Å². The van der Waals surface area contributed by atoms with Gasteiger partial charge in [0, 0.05) is 5.39 Å². The highest BCUT2D eigenvalue weighted by Gasteiger charge is 2.10. The van der Waals surface area contributed by atoms with Crippen molar-refractivity contribution in [1.82, 2.24) is 5.32 Å². The zero-order chi connectivity index (χ0) is 11.5. The van der Waals surface area contributed by atoms with E-state index in [1.807, 2.05) is 0 Å². The summed E-state index contributed by atoms with van der Waals surface area (Å²) in [6, 6.07) is 2.94. The van der Waals surface area contributed by atoms with Crippen LogP contribution in [0.25, 0.3) is 11.0 Å². The van der Waals surface area contributed by atoms with Gasteiger partial charge in [0.1, 0.15) is 11.4 Å². The lowest BCUT2D eigenvalue weighted by atomic mass is 10.1. The predicted octanol–water partition coefficient (Wildman–Crippen LogP) is 3.49. The largest absolute Gasteiger partial charge is 0.463 e. The number of fused-ring (bicyclic) bond motifs is 1. The van der Waals surface area contributed by atoms with Gasteiger partial charge in [0.05, 0.1) is 10.7 Å². The molecule has 86 valence electrons. The van der Waals surface area contributed by atoms with Crippen LogP contribution in [-0.2, 0) is 6.42 Å². The van der Waals surface area contributed by atoms with E-state index in [1.54, 1.807) is 6.26 Å². The van der Waals surface area contributed by atoms with Gasteiger partial charge in [0.2, 0.25) is 0 Å². The quantitative estimate of drug-likeness (QED) is 0.870. The number of likely N-dealkylation sites (N-methyl/N-ethyl adjacent to an activating group) is 1. The molecule has 0 saturated carbocycles. The standard InChI is InChI=1S/C12H13BrFNO/c1-2-15-4-3-8-7-16-12-10(8)5-9(14)6-11(12)13/h5-7,15H,2-4H2,1H3. The fourth-order valence-electron chi connectivity index (χ4n) is 1.71. The second-order valence-electron chi connectivity index (χ2n) is 3.63. The summed E-state index contributed by atoms with van der Waals surface area (Å²) in [6.07, 6.45) is 2.54. The molecule has 1 heterocycles. The van der Waals surface area contributed by atoms with Gasteiger partial charge in [-0.3, -0.25) is 0 Å². The molecule has 1 aromatic heterocycles. The van der Waals surface area contributed by atoms with Crippen molar-refractivity contribution >= 4 is 26.9 Å². The van der Waals surface area contributed by atoms with Gasteiger partial charge in [-0.1, -0.05) is 6.92 Å². The van der Waals surface area contributed by atoms with Crippen molar-refractivity contribution in [3.63, 3.8) is 0 Å². The molecular formula is C12H13BrFNO. The first-order valence-electron chi connectivity index (χ1n) is 5.28. The van der Waals surface area contributed by atoms with Crippen LogP contribution in [0.15, 0.2) is 27.3 Å². The maximum absolute atomic E-state index is 13.3. The molecule has 2 nitrogen and oxygen atoms in total. The second-order valence-corrected chi connectivity index (χ2v) is 4.48. The molecule has 2 rings (SSSR count). The van der Waals surface area contributed by atoms with Crippen LogP contribution in [0, 0.1) is 5.82 Å². The number of nitrogens with one attached hydrogen (secondary N) is 1. The molecule has 0 bridgehead atoms. The normalized spacial score (nSPS) is 11.2. The molecule has 0 unspecified atom stereocenters. The van der Waals surface area contributed by atoms with Crippen LogP contribution in [0.5, 0.6) is 0 Å². The molecule has 2 aromatic rings. The Morgan fingerprint density at radius 3 is 3.00 bits per heavy atom. The summed E-state index contributed by atoms with van der Waals surface area (Å²) in [4.78, 5) is 0. The van der Waals surface area contributed by atoms with Crippen LogP contribution in [0.4, 0.5) is 4.39 Å². The zero-order valence-corrected chi connectivity index (χ0v) is 10.6. The number of rotatable bonds is 4. The molecule has 16 heavy (non-hydrogen) atoms. The highest BCUT2D eigenvalue weighted by Crippen LogP contribution is 2.29. The molecule has 0 aliphatic rings. The summed E-state index contributed by atoms with van der Waals surface area (Å²) in [6.45, 7) is 3.87. The van der Waals surface area contributed by atoms with Crippen molar-refractivity contribution in [1.29, 1.82) is 0 Å². The van der Waals surface area contributed by atoms with Gasteiger partial charge in [-0.2, -0.15) is 0 Å². The Bertz CT molecular complexity index is 495. The van der Waals surface area contributed by atoms with Crippen molar-refractivity contribution in [3.8, 4) is 0 Å². The van der Waals surface area contributed by atoms with Gasteiger partial charge < -0.3 is 9.73 Å². The highest BCUT2D eigenvalue weighted by atomic mass is 79.9. The van der Waals surface area contributed by atoms with Crippen molar-refractivity contribution in [2.24, 2.45) is 0 Å². The molecule has 0 radical (unpaired) electrons. The first kappa shape index (κ1) is 11.6. The molecule has 0 aliphatic heterocycles. The molecule has 0 fully saturated rings. The topological polar surface area (TPSA) is 25.2 Å². The smallest absolute Gasteiger partial charge is 0.148 e. The third-order valence-corrected chi connectivity index (χ3v) is 3.08. The van der Waals surface area contributed by atoms with E-state index in [0.717, 1.165) is 30.5 Å². The van der Waals surface area contributed by atoms with Crippen LogP contribution in [0.2, 0.25) is 0 Å². The minimum absolute atomic E-state index is 0.245. The summed E-state index contributed by atoms with van der Waals surface area (Å²) in [7, 11) is 0. The Kier molecular flexibility index (Phi) is 3.61. The van der Waals surface area contributed by atoms with Crippen molar-refractivity contribution in [2.45, 2.75) is 13.3 Å². The maximum Gasteiger partial charge on any atom is 0.148 e. The van der Waals surface area contributed by atoms with E-state index in [0.29, 0.717) is 10.1 Å². The number of benzene rings is 1.